The van der Waals surface area contributed by atoms with E-state index in [1.807, 2.05) is 53.6 Å². The Labute approximate surface area is 192 Å². The van der Waals surface area contributed by atoms with Gasteiger partial charge in [0.25, 0.3) is 0 Å². The number of fused-ring (bicyclic) bond motifs is 1. The molecular weight excluding hydrogens is 430 g/mol. The van der Waals surface area contributed by atoms with Crippen molar-refractivity contribution in [3.05, 3.63) is 59.8 Å². The second-order valence-corrected chi connectivity index (χ2v) is 8.20. The number of amides is 3. The first-order valence-electron chi connectivity index (χ1n) is 11.2. The molecule has 0 saturated carbocycles. The molecule has 178 valence electrons. The van der Waals surface area contributed by atoms with Crippen molar-refractivity contribution < 1.29 is 23.2 Å². The molecule has 1 aromatic rings. The standard InChI is InChI=1S/C24H30F2N4O3/c1-16(27-20(31)11-7-8-17(26)12-13-25)23(32)28-21-18-9-3-4-10-19(18)22(29-24(21)33)30-14-5-2-6-15-30/h2-6,9-10,14,16-17,21-22H,7-8,11-13,15H2,1H3,(H,27,31)(H,28,32)(H,29,33)/t16-,17?,21?,22?/m0/s1. The summed E-state index contributed by atoms with van der Waals surface area (Å²) in [5, 5.41) is 8.26. The van der Waals surface area contributed by atoms with E-state index in [0.717, 1.165) is 5.56 Å². The predicted octanol–water partition coefficient (Wildman–Crippen LogP) is 2.73. The molecule has 0 spiro atoms. The number of hydrogen-bond acceptors (Lipinski definition) is 4. The van der Waals surface area contributed by atoms with Crippen LogP contribution < -0.4 is 16.0 Å². The minimum absolute atomic E-state index is 0.0382. The Hall–Kier alpha value is -3.23. The lowest BCUT2D eigenvalue weighted by molar-refractivity contribution is -0.133. The number of hydrogen-bond donors (Lipinski definition) is 3. The van der Waals surface area contributed by atoms with Gasteiger partial charge in [0.05, 0.1) is 6.67 Å². The smallest absolute Gasteiger partial charge is 0.249 e. The van der Waals surface area contributed by atoms with E-state index >= 15 is 0 Å². The van der Waals surface area contributed by atoms with Crippen LogP contribution in [-0.2, 0) is 14.4 Å². The lowest BCUT2D eigenvalue weighted by Gasteiger charge is -2.38. The first-order valence-corrected chi connectivity index (χ1v) is 11.2. The highest BCUT2D eigenvalue weighted by atomic mass is 19.1. The average Bonchev–Trinajstić information content (AvgIpc) is 2.81. The molecule has 2 aliphatic rings. The Morgan fingerprint density at radius 1 is 1.21 bits per heavy atom. The zero-order chi connectivity index (χ0) is 23.8. The van der Waals surface area contributed by atoms with Crippen LogP contribution in [0.15, 0.2) is 48.7 Å². The molecule has 3 rings (SSSR count). The van der Waals surface area contributed by atoms with Gasteiger partial charge in [0, 0.05) is 31.1 Å². The summed E-state index contributed by atoms with van der Waals surface area (Å²) in [7, 11) is 0. The molecule has 0 saturated heterocycles. The third-order valence-electron chi connectivity index (χ3n) is 5.72. The van der Waals surface area contributed by atoms with Crippen molar-refractivity contribution in [2.45, 2.75) is 57.0 Å². The van der Waals surface area contributed by atoms with E-state index in [-0.39, 0.29) is 37.8 Å². The SMILES string of the molecule is C[C@H](NC(=O)CCCC(F)CCF)C(=O)NC1C(=O)NC(N2C=CC=CC2)c2ccccc21. The first kappa shape index (κ1) is 24.4. The van der Waals surface area contributed by atoms with Crippen molar-refractivity contribution in [1.82, 2.24) is 20.9 Å². The molecule has 0 aromatic heterocycles. The monoisotopic (exact) mass is 460 g/mol. The quantitative estimate of drug-likeness (QED) is 0.501. The van der Waals surface area contributed by atoms with Crippen molar-refractivity contribution in [3.63, 3.8) is 0 Å². The van der Waals surface area contributed by atoms with E-state index in [0.29, 0.717) is 12.1 Å². The fraction of sp³-hybridized carbons (Fsp3) is 0.458. The highest BCUT2D eigenvalue weighted by Crippen LogP contribution is 2.32. The Balaban J connectivity index is 1.59. The topological polar surface area (TPSA) is 90.5 Å². The third-order valence-corrected chi connectivity index (χ3v) is 5.72. The van der Waals surface area contributed by atoms with Gasteiger partial charge in [-0.2, -0.15) is 0 Å². The number of halogens is 2. The van der Waals surface area contributed by atoms with Crippen molar-refractivity contribution in [1.29, 1.82) is 0 Å². The summed E-state index contributed by atoms with van der Waals surface area (Å²) in [5.74, 6) is -1.24. The van der Waals surface area contributed by atoms with E-state index in [1.165, 1.54) is 6.92 Å². The van der Waals surface area contributed by atoms with Gasteiger partial charge in [-0.15, -0.1) is 0 Å². The van der Waals surface area contributed by atoms with Gasteiger partial charge in [0.1, 0.15) is 24.4 Å². The van der Waals surface area contributed by atoms with Gasteiger partial charge < -0.3 is 20.9 Å². The molecule has 0 fully saturated rings. The summed E-state index contributed by atoms with van der Waals surface area (Å²) >= 11 is 0. The summed E-state index contributed by atoms with van der Waals surface area (Å²) in [6.07, 6.45) is 6.33. The largest absolute Gasteiger partial charge is 0.350 e. The number of allylic oxidation sites excluding steroid dienone is 2. The van der Waals surface area contributed by atoms with Gasteiger partial charge in [0.2, 0.25) is 17.7 Å². The maximum Gasteiger partial charge on any atom is 0.249 e. The Morgan fingerprint density at radius 2 is 1.97 bits per heavy atom. The van der Waals surface area contributed by atoms with Crippen LogP contribution in [-0.4, -0.2) is 48.1 Å². The molecule has 33 heavy (non-hydrogen) atoms. The van der Waals surface area contributed by atoms with Crippen LogP contribution in [0.5, 0.6) is 0 Å². The van der Waals surface area contributed by atoms with E-state index in [9.17, 15) is 23.2 Å². The molecule has 0 radical (unpaired) electrons. The molecule has 0 aliphatic carbocycles. The minimum atomic E-state index is -1.27. The fourth-order valence-electron chi connectivity index (χ4n) is 3.93. The Kier molecular flexibility index (Phi) is 8.57. The molecule has 3 amide bonds. The molecule has 7 nitrogen and oxygen atoms in total. The maximum absolute atomic E-state index is 13.3. The average molecular weight is 461 g/mol. The number of alkyl halides is 2. The van der Waals surface area contributed by atoms with Crippen LogP contribution in [0, 0.1) is 0 Å². The molecule has 1 aromatic carbocycles. The van der Waals surface area contributed by atoms with Gasteiger partial charge in [-0.05, 0) is 31.4 Å². The number of carbonyl (C=O) groups excluding carboxylic acids is 3. The van der Waals surface area contributed by atoms with Gasteiger partial charge >= 0.3 is 0 Å². The zero-order valence-electron chi connectivity index (χ0n) is 18.6. The molecule has 9 heteroatoms. The number of rotatable bonds is 10. The summed E-state index contributed by atoms with van der Waals surface area (Å²) in [5.41, 5.74) is 1.58. The van der Waals surface area contributed by atoms with Crippen LogP contribution in [0.4, 0.5) is 8.78 Å². The lowest BCUT2D eigenvalue weighted by Crippen LogP contribution is -2.53. The van der Waals surface area contributed by atoms with E-state index in [1.54, 1.807) is 0 Å². The fourth-order valence-corrected chi connectivity index (χ4v) is 3.93. The van der Waals surface area contributed by atoms with Gasteiger partial charge in [-0.1, -0.05) is 36.4 Å². The molecule has 4 atom stereocenters. The number of benzene rings is 1. The third kappa shape index (κ3) is 6.40. The Morgan fingerprint density at radius 3 is 2.67 bits per heavy atom. The lowest BCUT2D eigenvalue weighted by atomic mass is 9.92. The Bertz CT molecular complexity index is 921. The normalized spacial score (nSPS) is 21.1. The van der Waals surface area contributed by atoms with Crippen LogP contribution >= 0.6 is 0 Å². The second kappa shape index (κ2) is 11.6. The molecule has 3 unspecified atom stereocenters. The van der Waals surface area contributed by atoms with Crippen LogP contribution in [0.25, 0.3) is 0 Å². The van der Waals surface area contributed by atoms with Gasteiger partial charge in [0.15, 0.2) is 0 Å². The summed E-state index contributed by atoms with van der Waals surface area (Å²) in [6.45, 7) is 1.44. The summed E-state index contributed by atoms with van der Waals surface area (Å²) < 4.78 is 25.4. The minimum Gasteiger partial charge on any atom is -0.350 e. The van der Waals surface area contributed by atoms with Crippen molar-refractivity contribution in [2.75, 3.05) is 13.2 Å². The van der Waals surface area contributed by atoms with Gasteiger partial charge in [-0.25, -0.2) is 4.39 Å². The molecule has 2 heterocycles. The summed E-state index contributed by atoms with van der Waals surface area (Å²) in [4.78, 5) is 39.7. The van der Waals surface area contributed by atoms with E-state index in [2.05, 4.69) is 16.0 Å². The molecular formula is C24H30F2N4O3. The van der Waals surface area contributed by atoms with Crippen LogP contribution in [0.3, 0.4) is 0 Å². The second-order valence-electron chi connectivity index (χ2n) is 8.20. The van der Waals surface area contributed by atoms with Crippen molar-refractivity contribution >= 4 is 17.7 Å². The number of carbonyl (C=O) groups is 3. The molecule has 3 N–H and O–H groups in total. The predicted molar refractivity (Wildman–Crippen MR) is 120 cm³/mol. The van der Waals surface area contributed by atoms with Crippen molar-refractivity contribution in [2.24, 2.45) is 0 Å². The van der Waals surface area contributed by atoms with Gasteiger partial charge in [-0.3, -0.25) is 18.8 Å². The zero-order valence-corrected chi connectivity index (χ0v) is 18.6. The highest BCUT2D eigenvalue weighted by molar-refractivity contribution is 5.93. The molecule has 0 bridgehead atoms. The van der Waals surface area contributed by atoms with Crippen LogP contribution in [0.2, 0.25) is 0 Å². The van der Waals surface area contributed by atoms with E-state index < -0.39 is 36.7 Å². The summed E-state index contributed by atoms with van der Waals surface area (Å²) in [6, 6.07) is 5.65. The van der Waals surface area contributed by atoms with Crippen LogP contribution in [0.1, 0.15) is 55.9 Å². The maximum atomic E-state index is 13.3. The number of nitrogens with one attached hydrogen (secondary N) is 3. The van der Waals surface area contributed by atoms with E-state index in [4.69, 9.17) is 0 Å². The number of nitrogens with zero attached hydrogens (tertiary/aromatic N) is 1. The first-order chi connectivity index (χ1) is 15.9. The highest BCUT2D eigenvalue weighted by Gasteiger charge is 2.36. The molecule has 2 aliphatic heterocycles. The van der Waals surface area contributed by atoms with Crippen molar-refractivity contribution in [3.8, 4) is 0 Å².